The van der Waals surface area contributed by atoms with Crippen LogP contribution in [-0.4, -0.2) is 0 Å². The lowest BCUT2D eigenvalue weighted by molar-refractivity contribution is -0.0399. The van der Waals surface area contributed by atoms with Gasteiger partial charge in [0.05, 0.1) is 11.4 Å². The molecule has 0 unspecified atom stereocenters. The number of nitrogens with zero attached hydrogens (tertiary/aromatic N) is 1. The van der Waals surface area contributed by atoms with Crippen molar-refractivity contribution in [2.24, 2.45) is 23.7 Å². The second-order valence-corrected chi connectivity index (χ2v) is 17.7. The van der Waals surface area contributed by atoms with E-state index in [1.165, 1.54) is 76.3 Å². The molecule has 1 heterocycles. The van der Waals surface area contributed by atoms with Crippen molar-refractivity contribution < 1.29 is 4.42 Å². The molecular formula is C56H43NO. The average molecular weight is 746 g/mol. The average Bonchev–Trinajstić information content (AvgIpc) is 3.80. The van der Waals surface area contributed by atoms with Crippen molar-refractivity contribution in [2.45, 2.75) is 37.5 Å². The molecule has 4 bridgehead atoms. The molecule has 58 heavy (non-hydrogen) atoms. The van der Waals surface area contributed by atoms with E-state index in [0.717, 1.165) is 62.7 Å². The monoisotopic (exact) mass is 745 g/mol. The highest BCUT2D eigenvalue weighted by molar-refractivity contribution is 6.12. The second-order valence-electron chi connectivity index (χ2n) is 17.7. The predicted octanol–water partition coefficient (Wildman–Crippen LogP) is 15.3. The number of hydrogen-bond acceptors (Lipinski definition) is 2. The van der Waals surface area contributed by atoms with Crippen molar-refractivity contribution in [2.75, 3.05) is 4.90 Å². The van der Waals surface area contributed by atoms with Crippen molar-refractivity contribution >= 4 is 49.8 Å². The summed E-state index contributed by atoms with van der Waals surface area (Å²) < 4.78 is 6.72. The number of para-hydroxylation sites is 2. The van der Waals surface area contributed by atoms with Gasteiger partial charge in [-0.1, -0.05) is 140 Å². The third-order valence-electron chi connectivity index (χ3n) is 14.9. The molecule has 8 aromatic carbocycles. The SMILES string of the molecule is c1ccc(-c2ccc(N(c3cccc4c(-c5ccc6c(c5)-c5ccccc5C65C6CC7CC(C6)CC5C7)cccc34)c3cccc4c3oc3ccccc34)cc2)cc1. The summed E-state index contributed by atoms with van der Waals surface area (Å²) in [6.45, 7) is 0. The molecule has 278 valence electrons. The summed E-state index contributed by atoms with van der Waals surface area (Å²) in [5.41, 5.74) is 16.3. The first-order valence-electron chi connectivity index (χ1n) is 21.3. The first kappa shape index (κ1) is 32.7. The maximum absolute atomic E-state index is 6.72. The summed E-state index contributed by atoms with van der Waals surface area (Å²) in [6.07, 6.45) is 7.09. The first-order valence-corrected chi connectivity index (χ1v) is 21.3. The van der Waals surface area contributed by atoms with Gasteiger partial charge in [-0.05, 0) is 142 Å². The van der Waals surface area contributed by atoms with Gasteiger partial charge in [0, 0.05) is 27.3 Å². The molecule has 0 N–H and O–H groups in total. The lowest BCUT2D eigenvalue weighted by atomic mass is 9.43. The fraction of sp³-hybridized carbons (Fsp3) is 0.179. The molecule has 5 aliphatic carbocycles. The van der Waals surface area contributed by atoms with Crippen LogP contribution in [0.15, 0.2) is 180 Å². The van der Waals surface area contributed by atoms with Crippen LogP contribution in [0, 0.1) is 23.7 Å². The molecule has 0 radical (unpaired) electrons. The number of anilines is 3. The van der Waals surface area contributed by atoms with E-state index >= 15 is 0 Å². The maximum atomic E-state index is 6.72. The van der Waals surface area contributed by atoms with E-state index in [-0.39, 0.29) is 5.41 Å². The van der Waals surface area contributed by atoms with Gasteiger partial charge < -0.3 is 9.32 Å². The van der Waals surface area contributed by atoms with Gasteiger partial charge in [0.2, 0.25) is 0 Å². The minimum atomic E-state index is 0.179. The van der Waals surface area contributed by atoms with Crippen LogP contribution in [0.25, 0.3) is 66.1 Å². The Morgan fingerprint density at radius 2 is 1.02 bits per heavy atom. The van der Waals surface area contributed by atoms with E-state index in [1.807, 2.05) is 0 Å². The number of fused-ring (bicyclic) bond motifs is 7. The van der Waals surface area contributed by atoms with Crippen LogP contribution >= 0.6 is 0 Å². The highest BCUT2D eigenvalue weighted by atomic mass is 16.3. The Kier molecular flexibility index (Phi) is 6.94. The quantitative estimate of drug-likeness (QED) is 0.174. The molecule has 4 fully saturated rings. The molecule has 1 spiro atoms. The number of rotatable bonds is 5. The van der Waals surface area contributed by atoms with Gasteiger partial charge in [-0.25, -0.2) is 0 Å². The van der Waals surface area contributed by atoms with Crippen LogP contribution in [-0.2, 0) is 5.41 Å². The van der Waals surface area contributed by atoms with Crippen molar-refractivity contribution in [3.05, 3.63) is 187 Å². The molecule has 9 aromatic rings. The first-order chi connectivity index (χ1) is 28.7. The fourth-order valence-electron chi connectivity index (χ4n) is 12.8. The maximum Gasteiger partial charge on any atom is 0.159 e. The van der Waals surface area contributed by atoms with Crippen LogP contribution in [0.1, 0.15) is 43.2 Å². The molecule has 2 heteroatoms. The Hall–Kier alpha value is -6.38. The van der Waals surface area contributed by atoms with E-state index in [2.05, 4.69) is 181 Å². The van der Waals surface area contributed by atoms with Gasteiger partial charge in [-0.3, -0.25) is 0 Å². The van der Waals surface area contributed by atoms with Gasteiger partial charge in [0.15, 0.2) is 5.58 Å². The van der Waals surface area contributed by atoms with Crippen LogP contribution in [0.3, 0.4) is 0 Å². The van der Waals surface area contributed by atoms with Gasteiger partial charge in [0.1, 0.15) is 5.58 Å². The van der Waals surface area contributed by atoms with Crippen molar-refractivity contribution in [1.29, 1.82) is 0 Å². The van der Waals surface area contributed by atoms with Gasteiger partial charge >= 0.3 is 0 Å². The van der Waals surface area contributed by atoms with Crippen molar-refractivity contribution in [1.82, 2.24) is 0 Å². The molecule has 0 saturated heterocycles. The molecule has 1 aromatic heterocycles. The zero-order chi connectivity index (χ0) is 38.0. The summed E-state index contributed by atoms with van der Waals surface area (Å²) in [7, 11) is 0. The normalized spacial score (nSPS) is 22.6. The zero-order valence-electron chi connectivity index (χ0n) is 32.4. The van der Waals surface area contributed by atoms with E-state index in [0.29, 0.717) is 0 Å². The lowest BCUT2D eigenvalue weighted by Crippen LogP contribution is -2.55. The summed E-state index contributed by atoms with van der Waals surface area (Å²) >= 11 is 0. The zero-order valence-corrected chi connectivity index (χ0v) is 32.4. The molecule has 0 amide bonds. The van der Waals surface area contributed by atoms with Crippen LogP contribution in [0.5, 0.6) is 0 Å². The molecular weight excluding hydrogens is 703 g/mol. The summed E-state index contributed by atoms with van der Waals surface area (Å²) in [6, 6.07) is 65.3. The molecule has 14 rings (SSSR count). The number of hydrogen-bond donors (Lipinski definition) is 0. The Labute approximate surface area is 339 Å². The largest absolute Gasteiger partial charge is 0.454 e. The number of furan rings is 1. The molecule has 0 atom stereocenters. The predicted molar refractivity (Wildman–Crippen MR) is 240 cm³/mol. The van der Waals surface area contributed by atoms with E-state index in [4.69, 9.17) is 4.42 Å². The summed E-state index contributed by atoms with van der Waals surface area (Å²) in [4.78, 5) is 2.40. The van der Waals surface area contributed by atoms with Crippen molar-refractivity contribution in [3.8, 4) is 33.4 Å². The van der Waals surface area contributed by atoms with Crippen LogP contribution in [0.4, 0.5) is 17.1 Å². The fourth-order valence-corrected chi connectivity index (χ4v) is 12.8. The van der Waals surface area contributed by atoms with Gasteiger partial charge in [0.25, 0.3) is 0 Å². The van der Waals surface area contributed by atoms with E-state index in [9.17, 15) is 0 Å². The Morgan fingerprint density at radius 1 is 0.414 bits per heavy atom. The third kappa shape index (κ3) is 4.55. The van der Waals surface area contributed by atoms with Crippen LogP contribution < -0.4 is 4.90 Å². The van der Waals surface area contributed by atoms with Gasteiger partial charge in [-0.2, -0.15) is 0 Å². The van der Waals surface area contributed by atoms with Crippen molar-refractivity contribution in [3.63, 3.8) is 0 Å². The Morgan fingerprint density at radius 3 is 1.84 bits per heavy atom. The van der Waals surface area contributed by atoms with E-state index < -0.39 is 0 Å². The second kappa shape index (κ2) is 12.3. The number of benzene rings is 8. The highest BCUT2D eigenvalue weighted by Crippen LogP contribution is 2.69. The van der Waals surface area contributed by atoms with Gasteiger partial charge in [-0.15, -0.1) is 0 Å². The van der Waals surface area contributed by atoms with Crippen LogP contribution in [0.2, 0.25) is 0 Å². The Balaban J connectivity index is 0.988. The summed E-state index contributed by atoms with van der Waals surface area (Å²) in [5, 5.41) is 4.71. The standard InChI is InChI=1S/C56H43NO/c1-2-11-37(12-3-1)38-23-26-42(27-24-38)57(53-21-10-18-48-47-14-5-7-22-54(47)58-55(48)53)52-20-9-16-44-43(15-8-17-46(44)52)39-25-28-51-49(34-39)45-13-4-6-19-50(45)56(51)40-30-35-29-36(32-40)33-41(56)31-35/h1-28,34-36,40-41H,29-33H2. The Bertz CT molecular complexity index is 3050. The summed E-state index contributed by atoms with van der Waals surface area (Å²) in [5.74, 6) is 3.41. The molecule has 2 nitrogen and oxygen atoms in total. The molecule has 5 aliphatic rings. The van der Waals surface area contributed by atoms with E-state index in [1.54, 1.807) is 11.1 Å². The smallest absolute Gasteiger partial charge is 0.159 e. The third-order valence-corrected chi connectivity index (χ3v) is 14.9. The lowest BCUT2D eigenvalue weighted by Gasteiger charge is -2.61. The molecule has 0 aliphatic heterocycles. The minimum Gasteiger partial charge on any atom is -0.454 e. The minimum absolute atomic E-state index is 0.179. The topological polar surface area (TPSA) is 16.4 Å². The molecule has 4 saturated carbocycles. The highest BCUT2D eigenvalue weighted by Gasteiger charge is 2.61.